The van der Waals surface area contributed by atoms with Crippen LogP contribution in [0.15, 0.2) is 56.3 Å². The number of aryl methyl sites for hydroxylation is 1. The van der Waals surface area contributed by atoms with Gasteiger partial charge in [0.1, 0.15) is 10.6 Å². The summed E-state index contributed by atoms with van der Waals surface area (Å²) in [6.07, 6.45) is 0. The van der Waals surface area contributed by atoms with Crippen molar-refractivity contribution in [1.29, 1.82) is 0 Å². The van der Waals surface area contributed by atoms with Crippen LogP contribution in [0.4, 0.5) is 0 Å². The Kier molecular flexibility index (Phi) is 4.32. The Morgan fingerprint density at radius 1 is 1.00 bits per heavy atom. The fraction of sp³-hybridized carbons (Fsp3) is 0.0769. The number of hydrogen-bond acceptors (Lipinski definition) is 3. The van der Waals surface area contributed by atoms with Crippen molar-refractivity contribution in [3.63, 3.8) is 0 Å². The van der Waals surface area contributed by atoms with Gasteiger partial charge in [-0.15, -0.1) is 0 Å². The molecule has 2 aromatic rings. The molecule has 0 bridgehead atoms. The second kappa shape index (κ2) is 5.64. The molecule has 0 aliphatic rings. The first-order valence-corrected chi connectivity index (χ1v) is 8.34. The van der Waals surface area contributed by atoms with Crippen LogP contribution in [0.2, 0.25) is 0 Å². The van der Waals surface area contributed by atoms with Gasteiger partial charge in [-0.1, -0.05) is 33.6 Å². The number of hydrogen-bond donors (Lipinski definition) is 0. The van der Waals surface area contributed by atoms with Gasteiger partial charge in [0, 0.05) is 8.95 Å². The Hall–Kier alpha value is -0.850. The van der Waals surface area contributed by atoms with Gasteiger partial charge < -0.3 is 4.18 Å². The van der Waals surface area contributed by atoms with Gasteiger partial charge in [0.05, 0.1) is 0 Å². The molecule has 0 amide bonds. The summed E-state index contributed by atoms with van der Waals surface area (Å²) in [7, 11) is -3.86. The fourth-order valence-electron chi connectivity index (χ4n) is 1.43. The summed E-state index contributed by atoms with van der Waals surface area (Å²) >= 11 is 6.45. The van der Waals surface area contributed by atoms with Crippen LogP contribution >= 0.6 is 31.9 Å². The minimum atomic E-state index is -3.86. The highest BCUT2D eigenvalue weighted by Gasteiger charge is 2.20. The summed E-state index contributed by atoms with van der Waals surface area (Å²) in [5.74, 6) is 0.289. The third-order valence-electron chi connectivity index (χ3n) is 2.39. The quantitative estimate of drug-likeness (QED) is 0.715. The smallest absolute Gasteiger partial charge is 0.340 e. The van der Waals surface area contributed by atoms with Gasteiger partial charge >= 0.3 is 10.1 Å². The Morgan fingerprint density at radius 3 is 2.26 bits per heavy atom. The second-order valence-corrected chi connectivity index (χ2v) is 7.21. The molecule has 0 aliphatic carbocycles. The van der Waals surface area contributed by atoms with Gasteiger partial charge in [-0.25, -0.2) is 0 Å². The zero-order chi connectivity index (χ0) is 14.0. The van der Waals surface area contributed by atoms with E-state index < -0.39 is 10.1 Å². The summed E-state index contributed by atoms with van der Waals surface area (Å²) in [6.45, 7) is 1.92. The Bertz CT molecular complexity index is 694. The van der Waals surface area contributed by atoms with Crippen LogP contribution in [0, 0.1) is 6.92 Å². The highest BCUT2D eigenvalue weighted by Crippen LogP contribution is 2.28. The van der Waals surface area contributed by atoms with Crippen LogP contribution < -0.4 is 4.18 Å². The molecule has 100 valence electrons. The third-order valence-corrected chi connectivity index (χ3v) is 5.13. The van der Waals surface area contributed by atoms with Crippen LogP contribution in [0.1, 0.15) is 5.56 Å². The summed E-state index contributed by atoms with van der Waals surface area (Å²) in [4.78, 5) is 0.0856. The van der Waals surface area contributed by atoms with Crippen LogP contribution in [0.3, 0.4) is 0 Å². The standard InChI is InChI=1S/C13H10Br2O3S/c1-9-2-5-11(6-3-9)18-19(16,17)13-8-10(14)4-7-12(13)15/h2-8H,1H3. The maximum Gasteiger partial charge on any atom is 0.340 e. The molecule has 0 aromatic heterocycles. The van der Waals surface area contributed by atoms with Crippen LogP contribution in [-0.4, -0.2) is 8.42 Å². The molecule has 0 saturated heterocycles. The number of rotatable bonds is 3. The lowest BCUT2D eigenvalue weighted by Gasteiger charge is -2.09. The lowest BCUT2D eigenvalue weighted by atomic mass is 10.2. The van der Waals surface area contributed by atoms with Crippen LogP contribution in [0.25, 0.3) is 0 Å². The van der Waals surface area contributed by atoms with Gasteiger partial charge in [0.2, 0.25) is 0 Å². The zero-order valence-corrected chi connectivity index (χ0v) is 13.9. The molecule has 2 rings (SSSR count). The molecular formula is C13H10Br2O3S. The predicted octanol–water partition coefficient (Wildman–Crippen LogP) is 4.29. The Labute approximate surface area is 129 Å². The summed E-state index contributed by atoms with van der Waals surface area (Å²) in [5, 5.41) is 0. The first-order chi connectivity index (χ1) is 8.88. The fourth-order valence-corrected chi connectivity index (χ4v) is 3.82. The van der Waals surface area contributed by atoms with Gasteiger partial charge in [-0.3, -0.25) is 0 Å². The van der Waals surface area contributed by atoms with E-state index in [0.29, 0.717) is 8.95 Å². The first kappa shape index (κ1) is 14.6. The maximum atomic E-state index is 12.2. The molecule has 0 N–H and O–H groups in total. The summed E-state index contributed by atoms with van der Waals surface area (Å²) < 4.78 is 30.6. The molecule has 19 heavy (non-hydrogen) atoms. The van der Waals surface area contributed by atoms with Crippen molar-refractivity contribution >= 4 is 42.0 Å². The topological polar surface area (TPSA) is 43.4 Å². The van der Waals surface area contributed by atoms with E-state index in [1.54, 1.807) is 36.4 Å². The number of halogens is 2. The largest absolute Gasteiger partial charge is 0.379 e. The SMILES string of the molecule is Cc1ccc(OS(=O)(=O)c2cc(Br)ccc2Br)cc1. The molecule has 6 heteroatoms. The van der Waals surface area contributed by atoms with Crippen molar-refractivity contribution in [3.05, 3.63) is 57.0 Å². The highest BCUT2D eigenvalue weighted by atomic mass is 79.9. The van der Waals surface area contributed by atoms with E-state index in [2.05, 4.69) is 31.9 Å². The van der Waals surface area contributed by atoms with Gasteiger partial charge in [0.15, 0.2) is 0 Å². The number of benzene rings is 2. The van der Waals surface area contributed by atoms with E-state index in [1.165, 1.54) is 6.07 Å². The average molecular weight is 406 g/mol. The molecule has 0 unspecified atom stereocenters. The minimum Gasteiger partial charge on any atom is -0.379 e. The van der Waals surface area contributed by atoms with Crippen LogP contribution in [0.5, 0.6) is 5.75 Å². The zero-order valence-electron chi connectivity index (χ0n) is 9.93. The molecule has 3 nitrogen and oxygen atoms in total. The second-order valence-electron chi connectivity index (χ2n) is 3.93. The third kappa shape index (κ3) is 3.58. The van der Waals surface area contributed by atoms with Crippen molar-refractivity contribution in [2.45, 2.75) is 11.8 Å². The van der Waals surface area contributed by atoms with E-state index in [-0.39, 0.29) is 10.6 Å². The van der Waals surface area contributed by atoms with E-state index in [9.17, 15) is 8.42 Å². The van der Waals surface area contributed by atoms with E-state index in [0.717, 1.165) is 5.56 Å². The molecule has 0 atom stereocenters. The summed E-state index contributed by atoms with van der Waals surface area (Å²) in [5.41, 5.74) is 1.04. The molecule has 0 heterocycles. The van der Waals surface area contributed by atoms with Crippen molar-refractivity contribution in [3.8, 4) is 5.75 Å². The van der Waals surface area contributed by atoms with Gasteiger partial charge in [-0.05, 0) is 53.2 Å². The molecular weight excluding hydrogens is 396 g/mol. The predicted molar refractivity (Wildman–Crippen MR) is 80.8 cm³/mol. The van der Waals surface area contributed by atoms with Crippen LogP contribution in [-0.2, 0) is 10.1 Å². The first-order valence-electron chi connectivity index (χ1n) is 5.35. The summed E-state index contributed by atoms with van der Waals surface area (Å²) in [6, 6.07) is 11.7. The lowest BCUT2D eigenvalue weighted by Crippen LogP contribution is -2.10. The molecule has 0 radical (unpaired) electrons. The molecule has 0 saturated carbocycles. The average Bonchev–Trinajstić information content (AvgIpc) is 2.35. The normalized spacial score (nSPS) is 11.3. The van der Waals surface area contributed by atoms with Crippen molar-refractivity contribution < 1.29 is 12.6 Å². The van der Waals surface area contributed by atoms with Gasteiger partial charge in [0.25, 0.3) is 0 Å². The monoisotopic (exact) mass is 404 g/mol. The molecule has 0 aliphatic heterocycles. The van der Waals surface area contributed by atoms with Crippen molar-refractivity contribution in [2.24, 2.45) is 0 Å². The minimum absolute atomic E-state index is 0.0856. The molecule has 0 spiro atoms. The lowest BCUT2D eigenvalue weighted by molar-refractivity contribution is 0.485. The molecule has 0 fully saturated rings. The van der Waals surface area contributed by atoms with Crippen molar-refractivity contribution in [2.75, 3.05) is 0 Å². The van der Waals surface area contributed by atoms with Crippen molar-refractivity contribution in [1.82, 2.24) is 0 Å². The Morgan fingerprint density at radius 2 is 1.63 bits per heavy atom. The maximum absolute atomic E-state index is 12.2. The van der Waals surface area contributed by atoms with Gasteiger partial charge in [-0.2, -0.15) is 8.42 Å². The van der Waals surface area contributed by atoms with E-state index in [4.69, 9.17) is 4.18 Å². The Balaban J connectivity index is 2.37. The van der Waals surface area contributed by atoms with E-state index in [1.807, 2.05) is 6.92 Å². The highest BCUT2D eigenvalue weighted by molar-refractivity contribution is 9.11. The van der Waals surface area contributed by atoms with E-state index >= 15 is 0 Å². The molecule has 2 aromatic carbocycles.